The lowest BCUT2D eigenvalue weighted by Gasteiger charge is -2.10. The van der Waals surface area contributed by atoms with Gasteiger partial charge in [-0.25, -0.2) is 0 Å². The zero-order chi connectivity index (χ0) is 27.8. The molecular weight excluding hydrogens is 546 g/mol. The Balaban J connectivity index is 1.48. The van der Waals surface area contributed by atoms with E-state index in [1.54, 1.807) is 24.3 Å². The van der Waals surface area contributed by atoms with Crippen LogP contribution in [0.1, 0.15) is 11.1 Å². The lowest BCUT2D eigenvalue weighted by molar-refractivity contribution is 0.320. The Bertz CT molecular complexity index is 1700. The fraction of sp³-hybridized carbons (Fsp3) is 0.0741. The second kappa shape index (κ2) is 9.97. The smallest absolute Gasteiger partial charge is 0.339 e. The Labute approximate surface area is 224 Å². The summed E-state index contributed by atoms with van der Waals surface area (Å²) in [6, 6.07) is 20.7. The van der Waals surface area contributed by atoms with Crippen LogP contribution >= 0.6 is 0 Å². The molecule has 0 amide bonds. The van der Waals surface area contributed by atoms with E-state index < -0.39 is 20.2 Å². The predicted molar refractivity (Wildman–Crippen MR) is 141 cm³/mol. The molecule has 0 bridgehead atoms. The molecule has 0 fully saturated rings. The van der Waals surface area contributed by atoms with Crippen molar-refractivity contribution in [3.05, 3.63) is 96.1 Å². The second-order valence-electron chi connectivity index (χ2n) is 8.30. The van der Waals surface area contributed by atoms with Gasteiger partial charge in [0.2, 0.25) is 0 Å². The van der Waals surface area contributed by atoms with E-state index >= 15 is 0 Å². The van der Waals surface area contributed by atoms with Crippen LogP contribution < -0.4 is 17.8 Å². The highest BCUT2D eigenvalue weighted by molar-refractivity contribution is 7.87. The summed E-state index contributed by atoms with van der Waals surface area (Å²) in [5, 5.41) is 13.2. The topological polar surface area (TPSA) is 138 Å². The van der Waals surface area contributed by atoms with Gasteiger partial charge in [0.25, 0.3) is 0 Å². The van der Waals surface area contributed by atoms with Gasteiger partial charge in [-0.2, -0.15) is 16.8 Å². The summed E-state index contributed by atoms with van der Waals surface area (Å²) in [6.07, 6.45) is 0. The predicted octanol–water partition coefficient (Wildman–Crippen LogP) is 4.45. The zero-order valence-corrected chi connectivity index (χ0v) is 22.2. The van der Waals surface area contributed by atoms with Crippen LogP contribution in [0.5, 0.6) is 23.0 Å². The van der Waals surface area contributed by atoms with E-state index in [1.165, 1.54) is 74.9 Å². The average molecular weight is 568 g/mol. The minimum absolute atomic E-state index is 0.00291. The number of benzene rings is 4. The number of rotatable bonds is 8. The molecule has 1 aliphatic carbocycles. The van der Waals surface area contributed by atoms with Crippen LogP contribution in [0.2, 0.25) is 0 Å². The lowest BCUT2D eigenvalue weighted by Crippen LogP contribution is -2.11. The molecule has 4 aromatic carbocycles. The Morgan fingerprint density at radius 1 is 0.564 bits per heavy atom. The first-order valence-corrected chi connectivity index (χ1v) is 14.2. The summed E-state index contributed by atoms with van der Waals surface area (Å²) >= 11 is 0. The molecule has 200 valence electrons. The van der Waals surface area contributed by atoms with Gasteiger partial charge >= 0.3 is 20.2 Å². The molecule has 0 saturated heterocycles. The summed E-state index contributed by atoms with van der Waals surface area (Å²) in [5.41, 5.74) is 1.67. The summed E-state index contributed by atoms with van der Waals surface area (Å²) in [6.45, 7) is 0. The van der Waals surface area contributed by atoms with Gasteiger partial charge in [0.05, 0.1) is 14.2 Å². The highest BCUT2D eigenvalue weighted by Gasteiger charge is 2.30. The van der Waals surface area contributed by atoms with Crippen LogP contribution in [0.15, 0.2) is 99.9 Å². The minimum Gasteiger partial charge on any atom is -0.497 e. The van der Waals surface area contributed by atoms with Gasteiger partial charge in [-0.15, -0.1) is 0 Å². The molecule has 0 radical (unpaired) electrons. The van der Waals surface area contributed by atoms with Crippen molar-refractivity contribution in [3.8, 4) is 34.1 Å². The number of oxime groups is 1. The molecule has 0 aromatic heterocycles. The maximum Gasteiger partial charge on any atom is 0.339 e. The largest absolute Gasteiger partial charge is 0.497 e. The molecule has 5 rings (SSSR count). The van der Waals surface area contributed by atoms with E-state index in [9.17, 15) is 22.0 Å². The third-order valence-electron chi connectivity index (χ3n) is 5.95. The number of methoxy groups -OCH3 is 2. The zero-order valence-electron chi connectivity index (χ0n) is 20.6. The van der Waals surface area contributed by atoms with Crippen LogP contribution in [0.3, 0.4) is 0 Å². The average Bonchev–Trinajstić information content (AvgIpc) is 3.25. The number of ether oxygens (including phenoxy) is 2. The van der Waals surface area contributed by atoms with Gasteiger partial charge in [-0.3, -0.25) is 0 Å². The normalized spacial score (nSPS) is 12.3. The van der Waals surface area contributed by atoms with Crippen molar-refractivity contribution < 1.29 is 39.9 Å². The molecule has 0 aliphatic heterocycles. The molecule has 0 saturated carbocycles. The van der Waals surface area contributed by atoms with E-state index in [4.69, 9.17) is 17.8 Å². The minimum atomic E-state index is -4.27. The fourth-order valence-corrected chi connectivity index (χ4v) is 6.03. The van der Waals surface area contributed by atoms with E-state index in [0.29, 0.717) is 22.6 Å². The molecule has 12 heteroatoms. The van der Waals surface area contributed by atoms with Crippen molar-refractivity contribution in [2.24, 2.45) is 5.16 Å². The standard InChI is InChI=1S/C27H21NO9S2/c1-34-17-5-3-7-19(13-17)36-38(30,31)21-9-11-23-24-12-10-22(16-26(24)27(28-29)25(23)15-21)39(32,33)37-20-8-4-6-18(14-20)35-2/h3-16,29H,1-2H3. The van der Waals surface area contributed by atoms with E-state index in [0.717, 1.165) is 0 Å². The maximum absolute atomic E-state index is 13.0. The molecule has 10 nitrogen and oxygen atoms in total. The van der Waals surface area contributed by atoms with Crippen LogP contribution in [0.4, 0.5) is 0 Å². The number of nitrogens with zero attached hydrogens (tertiary/aromatic N) is 1. The Morgan fingerprint density at radius 2 is 0.974 bits per heavy atom. The van der Waals surface area contributed by atoms with Crippen molar-refractivity contribution in [1.82, 2.24) is 0 Å². The second-order valence-corrected chi connectivity index (χ2v) is 11.4. The van der Waals surface area contributed by atoms with E-state index in [1.807, 2.05) is 0 Å². The van der Waals surface area contributed by atoms with Crippen LogP contribution in [-0.4, -0.2) is 42.0 Å². The summed E-state index contributed by atoms with van der Waals surface area (Å²) in [4.78, 5) is -0.376. The van der Waals surface area contributed by atoms with E-state index in [-0.39, 0.29) is 38.1 Å². The molecule has 1 N–H and O–H groups in total. The van der Waals surface area contributed by atoms with Crippen molar-refractivity contribution in [3.63, 3.8) is 0 Å². The highest BCUT2D eigenvalue weighted by Crippen LogP contribution is 2.40. The summed E-state index contributed by atoms with van der Waals surface area (Å²) in [5.74, 6) is 0.950. The molecule has 39 heavy (non-hydrogen) atoms. The summed E-state index contributed by atoms with van der Waals surface area (Å²) in [7, 11) is -5.64. The molecular formula is C27H21NO9S2. The first kappa shape index (κ1) is 26.1. The Morgan fingerprint density at radius 3 is 1.36 bits per heavy atom. The molecule has 0 spiro atoms. The van der Waals surface area contributed by atoms with E-state index in [2.05, 4.69) is 5.16 Å². The number of hydrogen-bond acceptors (Lipinski definition) is 10. The molecule has 0 unspecified atom stereocenters. The monoisotopic (exact) mass is 567 g/mol. The van der Waals surface area contributed by atoms with Crippen LogP contribution in [-0.2, 0) is 20.2 Å². The number of fused-ring (bicyclic) bond motifs is 3. The first-order chi connectivity index (χ1) is 18.6. The van der Waals surface area contributed by atoms with Crippen molar-refractivity contribution in [2.45, 2.75) is 9.79 Å². The molecule has 1 aliphatic rings. The van der Waals surface area contributed by atoms with Crippen molar-refractivity contribution >= 4 is 25.9 Å². The van der Waals surface area contributed by atoms with Gasteiger partial charge in [0, 0.05) is 23.3 Å². The quantitative estimate of drug-likeness (QED) is 0.164. The van der Waals surface area contributed by atoms with Gasteiger partial charge in [-0.05, 0) is 59.7 Å². The number of hydrogen-bond donors (Lipinski definition) is 1. The van der Waals surface area contributed by atoms with Crippen LogP contribution in [0.25, 0.3) is 11.1 Å². The molecule has 4 aromatic rings. The van der Waals surface area contributed by atoms with Crippen LogP contribution in [0, 0.1) is 0 Å². The van der Waals surface area contributed by atoms with Crippen molar-refractivity contribution in [2.75, 3.05) is 14.2 Å². The highest BCUT2D eigenvalue weighted by atomic mass is 32.2. The third-order valence-corrected chi connectivity index (χ3v) is 8.44. The Hall–Kier alpha value is -4.55. The molecule has 0 atom stereocenters. The first-order valence-electron chi connectivity index (χ1n) is 11.3. The Kier molecular flexibility index (Phi) is 6.66. The maximum atomic E-state index is 13.0. The van der Waals surface area contributed by atoms with Crippen molar-refractivity contribution in [1.29, 1.82) is 0 Å². The third kappa shape index (κ3) is 4.99. The van der Waals surface area contributed by atoms with Gasteiger partial charge in [0.1, 0.15) is 38.5 Å². The van der Waals surface area contributed by atoms with Gasteiger partial charge < -0.3 is 23.0 Å². The van der Waals surface area contributed by atoms with Gasteiger partial charge in [-0.1, -0.05) is 29.4 Å². The SMILES string of the molecule is COc1cccc(OS(=O)(=O)c2ccc3c(c2)C(=NO)c2cc(S(=O)(=O)Oc4cccc(OC)c4)ccc2-3)c1. The summed E-state index contributed by atoms with van der Waals surface area (Å²) < 4.78 is 72.7. The fourth-order valence-electron chi connectivity index (χ4n) is 4.13. The lowest BCUT2D eigenvalue weighted by atomic mass is 10.1. The molecule has 0 heterocycles. The van der Waals surface area contributed by atoms with Gasteiger partial charge in [0.15, 0.2) is 0 Å².